The summed E-state index contributed by atoms with van der Waals surface area (Å²) >= 11 is 0. The van der Waals surface area contributed by atoms with Gasteiger partial charge in [0.1, 0.15) is 5.82 Å². The maximum absolute atomic E-state index is 13.7. The Morgan fingerprint density at radius 1 is 1.21 bits per heavy atom. The highest BCUT2D eigenvalue weighted by molar-refractivity contribution is 5.94. The quantitative estimate of drug-likeness (QED) is 0.578. The molecule has 5 nitrogen and oxygen atoms in total. The summed E-state index contributed by atoms with van der Waals surface area (Å²) in [5.74, 6) is -1.01. The van der Waals surface area contributed by atoms with Crippen LogP contribution in [0.25, 0.3) is 11.5 Å². The molecule has 0 amide bonds. The molecule has 0 spiro atoms. The maximum atomic E-state index is 13.7. The topological polar surface area (TPSA) is 75.7 Å². The van der Waals surface area contributed by atoms with Crippen LogP contribution in [0.1, 0.15) is 23.0 Å². The molecule has 1 heterocycles. The summed E-state index contributed by atoms with van der Waals surface area (Å²) < 4.78 is 18.8. The van der Waals surface area contributed by atoms with Crippen molar-refractivity contribution in [1.29, 1.82) is 0 Å². The van der Waals surface area contributed by atoms with Crippen LogP contribution in [-0.2, 0) is 0 Å². The van der Waals surface area contributed by atoms with E-state index < -0.39 is 11.8 Å². The number of benzene rings is 2. The molecule has 1 N–H and O–H groups in total. The van der Waals surface area contributed by atoms with Gasteiger partial charge in [-0.3, -0.25) is 9.79 Å². The molecular weight excluding hydrogens is 311 g/mol. The van der Waals surface area contributed by atoms with Crippen molar-refractivity contribution in [3.8, 4) is 17.4 Å². The maximum Gasteiger partial charge on any atom is 0.312 e. The molecule has 3 aromatic rings. The van der Waals surface area contributed by atoms with Crippen LogP contribution in [0.5, 0.6) is 5.95 Å². The minimum Gasteiger partial charge on any atom is -0.479 e. The number of nitrogens with zero attached hydrogens (tertiary/aromatic N) is 2. The number of aliphatic imine (C=N–C) groups is 1. The predicted octanol–water partition coefficient (Wildman–Crippen LogP) is 4.14. The molecule has 0 bridgehead atoms. The molecule has 0 atom stereocenters. The zero-order chi connectivity index (χ0) is 17.1. The van der Waals surface area contributed by atoms with Crippen molar-refractivity contribution in [2.24, 2.45) is 4.99 Å². The average Bonchev–Trinajstić information content (AvgIpc) is 2.94. The molecule has 1 aromatic heterocycles. The molecule has 24 heavy (non-hydrogen) atoms. The lowest BCUT2D eigenvalue weighted by molar-refractivity contribution is 0.101. The van der Waals surface area contributed by atoms with E-state index in [1.165, 1.54) is 25.3 Å². The van der Waals surface area contributed by atoms with Gasteiger partial charge in [0.05, 0.1) is 17.5 Å². The molecule has 120 valence electrons. The van der Waals surface area contributed by atoms with Crippen molar-refractivity contribution < 1.29 is 18.7 Å². The van der Waals surface area contributed by atoms with Crippen molar-refractivity contribution in [2.45, 2.75) is 6.92 Å². The van der Waals surface area contributed by atoms with Gasteiger partial charge in [-0.2, -0.15) is 0 Å². The SMILES string of the molecule is CC(=O)c1ccc(N=Cc2nc(-c3ccccc3F)oc2O)cc1. The minimum absolute atomic E-state index is 0.0287. The molecule has 0 radical (unpaired) electrons. The third-order valence-corrected chi connectivity index (χ3v) is 3.35. The van der Waals surface area contributed by atoms with E-state index in [1.807, 2.05) is 0 Å². The van der Waals surface area contributed by atoms with Gasteiger partial charge < -0.3 is 9.52 Å². The first-order valence-corrected chi connectivity index (χ1v) is 7.14. The number of carbonyl (C=O) groups is 1. The highest BCUT2D eigenvalue weighted by atomic mass is 19.1. The van der Waals surface area contributed by atoms with E-state index in [0.29, 0.717) is 11.3 Å². The van der Waals surface area contributed by atoms with Crippen LogP contribution in [0, 0.1) is 5.82 Å². The normalized spacial score (nSPS) is 11.1. The van der Waals surface area contributed by atoms with Crippen molar-refractivity contribution in [3.63, 3.8) is 0 Å². The van der Waals surface area contributed by atoms with E-state index in [9.17, 15) is 14.3 Å². The molecule has 0 aliphatic rings. The van der Waals surface area contributed by atoms with E-state index in [0.717, 1.165) is 0 Å². The van der Waals surface area contributed by atoms with Crippen LogP contribution in [0.3, 0.4) is 0 Å². The predicted molar refractivity (Wildman–Crippen MR) is 87.3 cm³/mol. The van der Waals surface area contributed by atoms with Crippen LogP contribution in [0.15, 0.2) is 57.9 Å². The molecule has 3 rings (SSSR count). The smallest absolute Gasteiger partial charge is 0.312 e. The van der Waals surface area contributed by atoms with E-state index in [4.69, 9.17) is 4.42 Å². The second-order valence-electron chi connectivity index (χ2n) is 5.05. The summed E-state index contributed by atoms with van der Waals surface area (Å²) in [5.41, 5.74) is 1.40. The fourth-order valence-electron chi connectivity index (χ4n) is 2.08. The number of oxazole rings is 1. The lowest BCUT2D eigenvalue weighted by atomic mass is 10.1. The summed E-state index contributed by atoms with van der Waals surface area (Å²) in [6, 6.07) is 12.6. The van der Waals surface area contributed by atoms with Gasteiger partial charge in [-0.1, -0.05) is 12.1 Å². The molecule has 0 unspecified atom stereocenters. The van der Waals surface area contributed by atoms with E-state index in [1.54, 1.807) is 36.4 Å². The second-order valence-corrected chi connectivity index (χ2v) is 5.05. The minimum atomic E-state index is -0.498. The average molecular weight is 324 g/mol. The Bertz CT molecular complexity index is 914. The Morgan fingerprint density at radius 2 is 1.92 bits per heavy atom. The van der Waals surface area contributed by atoms with E-state index >= 15 is 0 Å². The summed E-state index contributed by atoms with van der Waals surface area (Å²) in [7, 11) is 0. The number of carbonyl (C=O) groups excluding carboxylic acids is 1. The zero-order valence-electron chi connectivity index (χ0n) is 12.7. The number of Topliss-reactive ketones (excluding diaryl/α,β-unsaturated/α-hetero) is 1. The number of aromatic nitrogens is 1. The van der Waals surface area contributed by atoms with Gasteiger partial charge in [0.2, 0.25) is 5.89 Å². The zero-order valence-corrected chi connectivity index (χ0v) is 12.7. The molecule has 0 saturated heterocycles. The largest absolute Gasteiger partial charge is 0.479 e. The number of halogens is 1. The fourth-order valence-corrected chi connectivity index (χ4v) is 2.08. The Morgan fingerprint density at radius 3 is 2.58 bits per heavy atom. The monoisotopic (exact) mass is 324 g/mol. The molecule has 6 heteroatoms. The summed E-state index contributed by atoms with van der Waals surface area (Å²) in [6.07, 6.45) is 1.31. The first kappa shape index (κ1) is 15.6. The van der Waals surface area contributed by atoms with Gasteiger partial charge in [-0.15, -0.1) is 0 Å². The fraction of sp³-hybridized carbons (Fsp3) is 0.0556. The van der Waals surface area contributed by atoms with Crippen molar-refractivity contribution in [2.75, 3.05) is 0 Å². The van der Waals surface area contributed by atoms with E-state index in [-0.39, 0.29) is 22.9 Å². The van der Waals surface area contributed by atoms with Crippen LogP contribution in [0.4, 0.5) is 10.1 Å². The van der Waals surface area contributed by atoms with Crippen LogP contribution in [0.2, 0.25) is 0 Å². The molecule has 0 aliphatic heterocycles. The summed E-state index contributed by atoms with van der Waals surface area (Å²) in [6.45, 7) is 1.48. The third kappa shape index (κ3) is 3.22. The van der Waals surface area contributed by atoms with Crippen molar-refractivity contribution >= 4 is 17.7 Å². The molecule has 0 saturated carbocycles. The third-order valence-electron chi connectivity index (χ3n) is 3.35. The molecular formula is C18H13FN2O3. The van der Waals surface area contributed by atoms with Crippen molar-refractivity contribution in [1.82, 2.24) is 4.98 Å². The summed E-state index contributed by atoms with van der Waals surface area (Å²) in [4.78, 5) is 19.4. The molecule has 0 aliphatic carbocycles. The highest BCUT2D eigenvalue weighted by Gasteiger charge is 2.15. The van der Waals surface area contributed by atoms with Crippen LogP contribution in [-0.4, -0.2) is 22.1 Å². The Balaban J connectivity index is 1.85. The molecule has 2 aromatic carbocycles. The first-order chi connectivity index (χ1) is 11.5. The Labute approximate surface area is 137 Å². The first-order valence-electron chi connectivity index (χ1n) is 7.14. The van der Waals surface area contributed by atoms with Gasteiger partial charge in [0.15, 0.2) is 11.5 Å². The van der Waals surface area contributed by atoms with Crippen molar-refractivity contribution in [3.05, 3.63) is 65.6 Å². The van der Waals surface area contributed by atoms with E-state index in [2.05, 4.69) is 9.98 Å². The number of hydrogen-bond acceptors (Lipinski definition) is 5. The van der Waals surface area contributed by atoms with Gasteiger partial charge in [-0.05, 0) is 43.3 Å². The van der Waals surface area contributed by atoms with Crippen LogP contribution >= 0.6 is 0 Å². The number of aromatic hydroxyl groups is 1. The Hall–Kier alpha value is -3.28. The lowest BCUT2D eigenvalue weighted by Crippen LogP contribution is -1.89. The van der Waals surface area contributed by atoms with Crippen LogP contribution < -0.4 is 0 Å². The van der Waals surface area contributed by atoms with Gasteiger partial charge >= 0.3 is 5.95 Å². The number of rotatable bonds is 4. The molecule has 0 fully saturated rings. The highest BCUT2D eigenvalue weighted by Crippen LogP contribution is 2.27. The Kier molecular flexibility index (Phi) is 4.20. The second kappa shape index (κ2) is 6.45. The van der Waals surface area contributed by atoms with Gasteiger partial charge in [-0.25, -0.2) is 9.37 Å². The van der Waals surface area contributed by atoms with Gasteiger partial charge in [0, 0.05) is 5.56 Å². The number of hydrogen-bond donors (Lipinski definition) is 1. The van der Waals surface area contributed by atoms with Gasteiger partial charge in [0.25, 0.3) is 0 Å². The standard InChI is InChI=1S/C18H13FN2O3/c1-11(22)12-6-8-13(9-7-12)20-10-16-18(23)24-17(21-16)14-4-2-3-5-15(14)19/h2-10,23H,1H3. The lowest BCUT2D eigenvalue weighted by Gasteiger charge is -1.96. The summed E-state index contributed by atoms with van der Waals surface area (Å²) in [5, 5.41) is 9.79. The number of ketones is 1.